The highest BCUT2D eigenvalue weighted by Crippen LogP contribution is 2.39. The number of aromatic nitrogens is 1. The van der Waals surface area contributed by atoms with E-state index in [1.165, 1.54) is 18.4 Å². The number of aryl methyl sites for hydroxylation is 1. The second-order valence-electron chi connectivity index (χ2n) is 3.00. The van der Waals surface area contributed by atoms with Gasteiger partial charge in [-0.25, -0.2) is 9.78 Å². The van der Waals surface area contributed by atoms with E-state index in [0.29, 0.717) is 5.69 Å². The van der Waals surface area contributed by atoms with Gasteiger partial charge >= 0.3 is 5.97 Å². The predicted octanol–water partition coefficient (Wildman–Crippen LogP) is 3.73. The van der Waals surface area contributed by atoms with E-state index in [0.717, 1.165) is 19.2 Å². The van der Waals surface area contributed by atoms with Gasteiger partial charge in [-0.2, -0.15) is 0 Å². The number of hydrogen-bond donors (Lipinski definition) is 0. The van der Waals surface area contributed by atoms with Crippen molar-refractivity contribution < 1.29 is 9.53 Å². The molecule has 0 radical (unpaired) electrons. The van der Waals surface area contributed by atoms with Crippen molar-refractivity contribution in [3.8, 4) is 9.75 Å². The molecule has 0 fully saturated rings. The van der Waals surface area contributed by atoms with Gasteiger partial charge in [-0.05, 0) is 34.3 Å². The third-order valence-electron chi connectivity index (χ3n) is 1.94. The quantitative estimate of drug-likeness (QED) is 0.792. The lowest BCUT2D eigenvalue weighted by Crippen LogP contribution is -2.03. The molecule has 2 aromatic rings. The third-order valence-corrected chi connectivity index (χ3v) is 4.91. The van der Waals surface area contributed by atoms with Crippen LogP contribution in [0.3, 0.4) is 0 Å². The van der Waals surface area contributed by atoms with Crippen molar-refractivity contribution in [1.82, 2.24) is 4.98 Å². The number of hydrogen-bond acceptors (Lipinski definition) is 5. The van der Waals surface area contributed by atoms with Crippen molar-refractivity contribution in [3.05, 3.63) is 26.6 Å². The molecule has 0 aromatic carbocycles. The number of halogens is 1. The molecule has 0 unspecified atom stereocenters. The van der Waals surface area contributed by atoms with Gasteiger partial charge in [0.2, 0.25) is 0 Å². The van der Waals surface area contributed by atoms with Gasteiger partial charge in [-0.15, -0.1) is 22.7 Å². The van der Waals surface area contributed by atoms with Crippen LogP contribution in [-0.4, -0.2) is 18.1 Å². The Morgan fingerprint density at radius 1 is 1.50 bits per heavy atom. The second-order valence-corrected chi connectivity index (χ2v) is 5.97. The molecule has 0 atom stereocenters. The Labute approximate surface area is 109 Å². The van der Waals surface area contributed by atoms with Gasteiger partial charge in [0.15, 0.2) is 5.69 Å². The van der Waals surface area contributed by atoms with Crippen LogP contribution in [0, 0.1) is 6.92 Å². The molecule has 16 heavy (non-hydrogen) atoms. The van der Waals surface area contributed by atoms with Gasteiger partial charge in [0.25, 0.3) is 0 Å². The molecule has 0 saturated heterocycles. The van der Waals surface area contributed by atoms with Gasteiger partial charge in [-0.1, -0.05) is 0 Å². The first-order valence-electron chi connectivity index (χ1n) is 4.42. The maximum Gasteiger partial charge on any atom is 0.358 e. The summed E-state index contributed by atoms with van der Waals surface area (Å²) in [5.41, 5.74) is 0.396. The van der Waals surface area contributed by atoms with E-state index in [9.17, 15) is 4.79 Å². The standard InChI is InChI=1S/C10H8BrNO2S2/c1-5-12-7(10(13)14-2)9(16-5)8-6(11)3-4-15-8/h3-4H,1-2H3. The first kappa shape index (κ1) is 11.8. The van der Waals surface area contributed by atoms with Crippen LogP contribution in [0.25, 0.3) is 9.75 Å². The molecule has 6 heteroatoms. The molecule has 0 amide bonds. The van der Waals surface area contributed by atoms with Crippen molar-refractivity contribution in [2.24, 2.45) is 0 Å². The summed E-state index contributed by atoms with van der Waals surface area (Å²) in [6.45, 7) is 1.88. The van der Waals surface area contributed by atoms with Crippen molar-refractivity contribution in [2.45, 2.75) is 6.92 Å². The zero-order valence-electron chi connectivity index (χ0n) is 8.61. The molecule has 2 aromatic heterocycles. The SMILES string of the molecule is COC(=O)c1nc(C)sc1-c1sccc1Br. The molecule has 2 heterocycles. The first-order chi connectivity index (χ1) is 7.63. The Morgan fingerprint density at radius 2 is 2.25 bits per heavy atom. The first-order valence-corrected chi connectivity index (χ1v) is 6.91. The Morgan fingerprint density at radius 3 is 2.81 bits per heavy atom. The van der Waals surface area contributed by atoms with Crippen LogP contribution in [0.2, 0.25) is 0 Å². The maximum atomic E-state index is 11.6. The lowest BCUT2D eigenvalue weighted by atomic mass is 10.3. The zero-order valence-corrected chi connectivity index (χ0v) is 11.8. The molecule has 2 rings (SSSR count). The van der Waals surface area contributed by atoms with Crippen molar-refractivity contribution >= 4 is 44.6 Å². The van der Waals surface area contributed by atoms with E-state index in [1.807, 2.05) is 18.4 Å². The number of methoxy groups -OCH3 is 1. The van der Waals surface area contributed by atoms with Gasteiger partial charge < -0.3 is 4.74 Å². The average Bonchev–Trinajstić information content (AvgIpc) is 2.83. The minimum Gasteiger partial charge on any atom is -0.464 e. The summed E-state index contributed by atoms with van der Waals surface area (Å²) in [5, 5.41) is 2.82. The Hall–Kier alpha value is -0.720. The van der Waals surface area contributed by atoms with Crippen LogP contribution < -0.4 is 0 Å². The highest BCUT2D eigenvalue weighted by molar-refractivity contribution is 9.10. The smallest absolute Gasteiger partial charge is 0.358 e. The van der Waals surface area contributed by atoms with Crippen LogP contribution in [0.1, 0.15) is 15.5 Å². The van der Waals surface area contributed by atoms with Gasteiger partial charge in [0.05, 0.1) is 21.9 Å². The summed E-state index contributed by atoms with van der Waals surface area (Å²) >= 11 is 6.53. The maximum absolute atomic E-state index is 11.6. The number of thiophene rings is 1. The molecule has 84 valence electrons. The molecule has 0 N–H and O–H groups in total. The zero-order chi connectivity index (χ0) is 11.7. The van der Waals surface area contributed by atoms with Crippen LogP contribution in [-0.2, 0) is 4.74 Å². The number of rotatable bonds is 2. The fourth-order valence-electron chi connectivity index (χ4n) is 1.27. The predicted molar refractivity (Wildman–Crippen MR) is 69.2 cm³/mol. The van der Waals surface area contributed by atoms with Gasteiger partial charge in [0, 0.05) is 4.47 Å². The minimum absolute atomic E-state index is 0.389. The largest absolute Gasteiger partial charge is 0.464 e. The van der Waals surface area contributed by atoms with E-state index < -0.39 is 0 Å². The summed E-state index contributed by atoms with van der Waals surface area (Å²) in [4.78, 5) is 17.7. The van der Waals surface area contributed by atoms with Crippen LogP contribution in [0.4, 0.5) is 0 Å². The molecule has 0 aliphatic rings. The number of thiazole rings is 1. The molecule has 0 saturated carbocycles. The topological polar surface area (TPSA) is 39.2 Å². The monoisotopic (exact) mass is 317 g/mol. The van der Waals surface area contributed by atoms with Crippen molar-refractivity contribution in [2.75, 3.05) is 7.11 Å². The Balaban J connectivity index is 2.57. The van der Waals surface area contributed by atoms with Crippen LogP contribution >= 0.6 is 38.6 Å². The third kappa shape index (κ3) is 2.05. The highest BCUT2D eigenvalue weighted by atomic mass is 79.9. The minimum atomic E-state index is -0.389. The van der Waals surface area contributed by atoms with Crippen molar-refractivity contribution in [3.63, 3.8) is 0 Å². The van der Waals surface area contributed by atoms with E-state index in [4.69, 9.17) is 4.74 Å². The summed E-state index contributed by atoms with van der Waals surface area (Å²) in [5.74, 6) is -0.389. The highest BCUT2D eigenvalue weighted by Gasteiger charge is 2.20. The molecular weight excluding hydrogens is 310 g/mol. The fraction of sp³-hybridized carbons (Fsp3) is 0.200. The molecule has 0 bridgehead atoms. The van der Waals surface area contributed by atoms with Gasteiger partial charge in [0.1, 0.15) is 0 Å². The van der Waals surface area contributed by atoms with E-state index >= 15 is 0 Å². The van der Waals surface area contributed by atoms with Crippen LogP contribution in [0.15, 0.2) is 15.9 Å². The van der Waals surface area contributed by atoms with Gasteiger partial charge in [-0.3, -0.25) is 0 Å². The molecule has 0 spiro atoms. The number of carbonyl (C=O) groups excluding carboxylic acids is 1. The summed E-state index contributed by atoms with van der Waals surface area (Å²) in [6.07, 6.45) is 0. The normalized spacial score (nSPS) is 10.4. The second kappa shape index (κ2) is 4.65. The molecule has 3 nitrogen and oxygen atoms in total. The lowest BCUT2D eigenvalue weighted by molar-refractivity contribution is 0.0595. The fourth-order valence-corrected chi connectivity index (χ4v) is 4.04. The number of carbonyl (C=O) groups is 1. The van der Waals surface area contributed by atoms with E-state index in [1.54, 1.807) is 11.3 Å². The van der Waals surface area contributed by atoms with Crippen molar-refractivity contribution in [1.29, 1.82) is 0 Å². The van der Waals surface area contributed by atoms with E-state index in [2.05, 4.69) is 20.9 Å². The summed E-state index contributed by atoms with van der Waals surface area (Å²) in [6, 6.07) is 1.95. The summed E-state index contributed by atoms with van der Waals surface area (Å²) in [7, 11) is 1.37. The van der Waals surface area contributed by atoms with Crippen LogP contribution in [0.5, 0.6) is 0 Å². The molecule has 0 aliphatic heterocycles. The Bertz CT molecular complexity index is 533. The molecular formula is C10H8BrNO2S2. The average molecular weight is 318 g/mol. The van der Waals surface area contributed by atoms with E-state index in [-0.39, 0.29) is 5.97 Å². The lowest BCUT2D eigenvalue weighted by Gasteiger charge is -1.98. The Kier molecular flexibility index (Phi) is 3.41. The molecule has 0 aliphatic carbocycles. The number of ether oxygens (including phenoxy) is 1. The number of esters is 1. The summed E-state index contributed by atoms with van der Waals surface area (Å²) < 4.78 is 5.70. The number of nitrogens with zero attached hydrogens (tertiary/aromatic N) is 1.